The number of aromatic nitrogens is 3. The Morgan fingerprint density at radius 3 is 2.77 bits per heavy atom. The molecule has 5 heteroatoms. The molecule has 0 aliphatic heterocycles. The molecule has 0 saturated carbocycles. The number of H-pyrrole nitrogens is 1. The van der Waals surface area contributed by atoms with Gasteiger partial charge in [0.05, 0.1) is 0 Å². The summed E-state index contributed by atoms with van der Waals surface area (Å²) in [5.74, 6) is 1.66. The molecule has 0 unspecified atom stereocenters. The van der Waals surface area contributed by atoms with E-state index in [0.29, 0.717) is 0 Å². The zero-order chi connectivity index (χ0) is 15.5. The van der Waals surface area contributed by atoms with Crippen molar-refractivity contribution in [2.24, 2.45) is 0 Å². The molecular formula is C17H16BrN3S. The molecule has 0 atom stereocenters. The number of aryl methyl sites for hydroxylation is 2. The number of thioether (sulfide) groups is 1. The number of nitrogens with zero attached hydrogens (tertiary/aromatic N) is 2. The molecule has 3 aromatic rings. The molecule has 0 aliphatic rings. The van der Waals surface area contributed by atoms with E-state index < -0.39 is 0 Å². The molecule has 0 aliphatic carbocycles. The SMILES string of the molecule is Cc1ccc(C)c(CSc2n[nH]c(-c3ccccc3Br)n2)c1. The number of benzene rings is 2. The van der Waals surface area contributed by atoms with Gasteiger partial charge in [-0.15, -0.1) is 5.10 Å². The smallest absolute Gasteiger partial charge is 0.209 e. The lowest BCUT2D eigenvalue weighted by atomic mass is 10.1. The van der Waals surface area contributed by atoms with Crippen LogP contribution in [0.25, 0.3) is 11.4 Å². The van der Waals surface area contributed by atoms with Crippen LogP contribution in [-0.4, -0.2) is 15.2 Å². The highest BCUT2D eigenvalue weighted by Gasteiger charge is 2.09. The van der Waals surface area contributed by atoms with E-state index in [9.17, 15) is 0 Å². The van der Waals surface area contributed by atoms with Crippen LogP contribution in [0, 0.1) is 13.8 Å². The molecule has 1 aromatic heterocycles. The summed E-state index contributed by atoms with van der Waals surface area (Å²) in [6.45, 7) is 4.26. The first-order valence-corrected chi connectivity index (χ1v) is 8.77. The Morgan fingerprint density at radius 1 is 1.14 bits per heavy atom. The van der Waals surface area contributed by atoms with Crippen molar-refractivity contribution in [2.75, 3.05) is 0 Å². The van der Waals surface area contributed by atoms with E-state index in [4.69, 9.17) is 0 Å². The second kappa shape index (κ2) is 6.67. The molecule has 3 rings (SSSR count). The highest BCUT2D eigenvalue weighted by Crippen LogP contribution is 2.28. The van der Waals surface area contributed by atoms with E-state index in [0.717, 1.165) is 26.8 Å². The van der Waals surface area contributed by atoms with Crippen LogP contribution < -0.4 is 0 Å². The van der Waals surface area contributed by atoms with Gasteiger partial charge in [-0.05, 0) is 31.0 Å². The Hall–Kier alpha value is -1.59. The predicted molar refractivity (Wildman–Crippen MR) is 95.0 cm³/mol. The molecule has 1 N–H and O–H groups in total. The fourth-order valence-corrected chi connectivity index (χ4v) is 3.52. The lowest BCUT2D eigenvalue weighted by Crippen LogP contribution is -1.88. The van der Waals surface area contributed by atoms with E-state index in [-0.39, 0.29) is 0 Å². The molecular weight excluding hydrogens is 358 g/mol. The molecule has 3 nitrogen and oxygen atoms in total. The van der Waals surface area contributed by atoms with E-state index in [2.05, 4.69) is 63.2 Å². The van der Waals surface area contributed by atoms with Gasteiger partial charge in [0.1, 0.15) is 0 Å². The van der Waals surface area contributed by atoms with Crippen LogP contribution in [0.1, 0.15) is 16.7 Å². The van der Waals surface area contributed by atoms with Gasteiger partial charge in [0, 0.05) is 15.8 Å². The highest BCUT2D eigenvalue weighted by molar-refractivity contribution is 9.10. The van der Waals surface area contributed by atoms with Gasteiger partial charge < -0.3 is 0 Å². The van der Waals surface area contributed by atoms with Gasteiger partial charge in [-0.3, -0.25) is 5.10 Å². The lowest BCUT2D eigenvalue weighted by molar-refractivity contribution is 0.973. The average Bonchev–Trinajstić information content (AvgIpc) is 2.97. The minimum atomic E-state index is 0.770. The van der Waals surface area contributed by atoms with Crippen LogP contribution in [0.15, 0.2) is 52.1 Å². The maximum absolute atomic E-state index is 4.57. The third-order valence-corrected chi connectivity index (χ3v) is 5.04. The Bertz CT molecular complexity index is 798. The molecule has 0 spiro atoms. The summed E-state index contributed by atoms with van der Waals surface area (Å²) in [6, 6.07) is 14.5. The van der Waals surface area contributed by atoms with Gasteiger partial charge >= 0.3 is 0 Å². The largest absolute Gasteiger partial charge is 0.258 e. The molecule has 0 fully saturated rings. The standard InChI is InChI=1S/C17H16BrN3S/c1-11-7-8-12(2)13(9-11)10-22-17-19-16(20-21-17)14-5-3-4-6-15(14)18/h3-9H,10H2,1-2H3,(H,19,20,21). The highest BCUT2D eigenvalue weighted by atomic mass is 79.9. The Balaban J connectivity index is 1.75. The second-order valence-corrected chi connectivity index (χ2v) is 6.96. The number of nitrogens with one attached hydrogen (secondary N) is 1. The topological polar surface area (TPSA) is 41.6 Å². The van der Waals surface area contributed by atoms with Crippen LogP contribution in [0.3, 0.4) is 0 Å². The van der Waals surface area contributed by atoms with Crippen molar-refractivity contribution in [3.05, 3.63) is 63.6 Å². The first-order valence-electron chi connectivity index (χ1n) is 7.00. The van der Waals surface area contributed by atoms with Crippen molar-refractivity contribution in [1.29, 1.82) is 0 Å². The van der Waals surface area contributed by atoms with Crippen molar-refractivity contribution in [3.63, 3.8) is 0 Å². The summed E-state index contributed by atoms with van der Waals surface area (Å²) in [7, 11) is 0. The minimum Gasteiger partial charge on any atom is -0.258 e. The monoisotopic (exact) mass is 373 g/mol. The molecule has 112 valence electrons. The van der Waals surface area contributed by atoms with E-state index in [1.807, 2.05) is 24.3 Å². The molecule has 0 amide bonds. The van der Waals surface area contributed by atoms with E-state index in [1.54, 1.807) is 11.8 Å². The number of hydrogen-bond donors (Lipinski definition) is 1. The fourth-order valence-electron chi connectivity index (χ4n) is 2.18. The van der Waals surface area contributed by atoms with Gasteiger partial charge in [-0.2, -0.15) is 0 Å². The fraction of sp³-hybridized carbons (Fsp3) is 0.176. The van der Waals surface area contributed by atoms with Crippen LogP contribution in [0.4, 0.5) is 0 Å². The Morgan fingerprint density at radius 2 is 1.95 bits per heavy atom. The Labute approximate surface area is 142 Å². The summed E-state index contributed by atoms with van der Waals surface area (Å²) < 4.78 is 1.01. The van der Waals surface area contributed by atoms with Crippen molar-refractivity contribution < 1.29 is 0 Å². The summed E-state index contributed by atoms with van der Waals surface area (Å²) >= 11 is 5.19. The quantitative estimate of drug-likeness (QED) is 0.643. The van der Waals surface area contributed by atoms with Gasteiger partial charge in [-0.25, -0.2) is 4.98 Å². The summed E-state index contributed by atoms with van der Waals surface area (Å²) in [5, 5.41) is 8.09. The molecule has 1 heterocycles. The number of halogens is 1. The van der Waals surface area contributed by atoms with Crippen molar-refractivity contribution in [1.82, 2.24) is 15.2 Å². The third-order valence-electron chi connectivity index (χ3n) is 3.46. The summed E-state index contributed by atoms with van der Waals surface area (Å²) in [5.41, 5.74) is 4.94. The molecule has 2 aromatic carbocycles. The number of hydrogen-bond acceptors (Lipinski definition) is 3. The normalized spacial score (nSPS) is 10.9. The predicted octanol–water partition coefficient (Wildman–Crippen LogP) is 5.14. The van der Waals surface area contributed by atoms with Crippen molar-refractivity contribution in [2.45, 2.75) is 24.8 Å². The van der Waals surface area contributed by atoms with Crippen molar-refractivity contribution >= 4 is 27.7 Å². The summed E-state index contributed by atoms with van der Waals surface area (Å²) in [4.78, 5) is 4.57. The van der Waals surface area contributed by atoms with Crippen LogP contribution in [0.2, 0.25) is 0 Å². The third kappa shape index (κ3) is 3.42. The zero-order valence-electron chi connectivity index (χ0n) is 12.4. The Kier molecular flexibility index (Phi) is 4.64. The van der Waals surface area contributed by atoms with Gasteiger partial charge in [-0.1, -0.05) is 69.7 Å². The molecule has 0 bridgehead atoms. The molecule has 0 radical (unpaired) electrons. The van der Waals surface area contributed by atoms with Gasteiger partial charge in [0.2, 0.25) is 5.16 Å². The van der Waals surface area contributed by atoms with Gasteiger partial charge in [0.15, 0.2) is 5.82 Å². The van der Waals surface area contributed by atoms with E-state index in [1.165, 1.54) is 16.7 Å². The lowest BCUT2D eigenvalue weighted by Gasteiger charge is -2.05. The molecule has 0 saturated heterocycles. The maximum atomic E-state index is 4.57. The first kappa shape index (κ1) is 15.3. The van der Waals surface area contributed by atoms with Gasteiger partial charge in [0.25, 0.3) is 0 Å². The number of aromatic amines is 1. The zero-order valence-corrected chi connectivity index (χ0v) is 14.8. The number of rotatable bonds is 4. The minimum absolute atomic E-state index is 0.770. The van der Waals surface area contributed by atoms with Crippen LogP contribution in [-0.2, 0) is 5.75 Å². The average molecular weight is 374 g/mol. The summed E-state index contributed by atoms with van der Waals surface area (Å²) in [6.07, 6.45) is 0. The first-order chi connectivity index (χ1) is 10.6. The van der Waals surface area contributed by atoms with E-state index >= 15 is 0 Å². The maximum Gasteiger partial charge on any atom is 0.209 e. The molecule has 22 heavy (non-hydrogen) atoms. The van der Waals surface area contributed by atoms with Crippen molar-refractivity contribution in [3.8, 4) is 11.4 Å². The second-order valence-electron chi connectivity index (χ2n) is 5.17. The van der Waals surface area contributed by atoms with Crippen LogP contribution in [0.5, 0.6) is 0 Å². The van der Waals surface area contributed by atoms with Crippen LogP contribution >= 0.6 is 27.7 Å².